The highest BCUT2D eigenvalue weighted by atomic mass is 16.5. The van der Waals surface area contributed by atoms with Gasteiger partial charge in [0.15, 0.2) is 0 Å². The molecule has 0 radical (unpaired) electrons. The predicted molar refractivity (Wildman–Crippen MR) is 57.9 cm³/mol. The summed E-state index contributed by atoms with van der Waals surface area (Å²) < 4.78 is 5.54. The lowest BCUT2D eigenvalue weighted by atomic mass is 10.1. The van der Waals surface area contributed by atoms with Gasteiger partial charge in [-0.2, -0.15) is 0 Å². The van der Waals surface area contributed by atoms with Gasteiger partial charge >= 0.3 is 5.97 Å². The van der Waals surface area contributed by atoms with Crippen molar-refractivity contribution in [2.75, 3.05) is 26.2 Å². The summed E-state index contributed by atoms with van der Waals surface area (Å²) in [4.78, 5) is 12.5. The average molecular weight is 213 g/mol. The maximum Gasteiger partial charge on any atom is 0.328 e. The van der Waals surface area contributed by atoms with E-state index in [0.29, 0.717) is 6.10 Å². The minimum absolute atomic E-state index is 0.398. The van der Waals surface area contributed by atoms with Crippen LogP contribution < -0.4 is 0 Å². The summed E-state index contributed by atoms with van der Waals surface area (Å²) in [6, 6.07) is 0. The van der Waals surface area contributed by atoms with Gasteiger partial charge in [0.25, 0.3) is 0 Å². The number of likely N-dealkylation sites (tertiary alicyclic amines) is 1. The molecule has 0 spiro atoms. The van der Waals surface area contributed by atoms with E-state index >= 15 is 0 Å². The number of carboxylic acids is 1. The molecule has 0 aromatic heterocycles. The highest BCUT2D eigenvalue weighted by Gasteiger charge is 2.17. The molecule has 15 heavy (non-hydrogen) atoms. The Balaban J connectivity index is 2.17. The Morgan fingerprint density at radius 1 is 1.53 bits per heavy atom. The van der Waals surface area contributed by atoms with Gasteiger partial charge in [-0.3, -0.25) is 4.90 Å². The van der Waals surface area contributed by atoms with E-state index in [1.165, 1.54) is 6.08 Å². The van der Waals surface area contributed by atoms with E-state index in [2.05, 4.69) is 4.90 Å². The van der Waals surface area contributed by atoms with Crippen LogP contribution in [0.5, 0.6) is 0 Å². The Labute approximate surface area is 90.5 Å². The minimum atomic E-state index is -0.876. The fourth-order valence-corrected chi connectivity index (χ4v) is 1.80. The molecule has 0 bridgehead atoms. The number of hydrogen-bond acceptors (Lipinski definition) is 3. The van der Waals surface area contributed by atoms with Crippen molar-refractivity contribution in [1.82, 2.24) is 4.90 Å². The highest BCUT2D eigenvalue weighted by Crippen LogP contribution is 2.13. The smallest absolute Gasteiger partial charge is 0.328 e. The molecule has 86 valence electrons. The molecule has 1 aliphatic rings. The minimum Gasteiger partial charge on any atom is -0.478 e. The van der Waals surface area contributed by atoms with Gasteiger partial charge in [0.1, 0.15) is 0 Å². The van der Waals surface area contributed by atoms with Crippen LogP contribution in [0.15, 0.2) is 12.2 Å². The van der Waals surface area contributed by atoms with E-state index in [1.54, 1.807) is 6.08 Å². The summed E-state index contributed by atoms with van der Waals surface area (Å²) in [7, 11) is 0. The third kappa shape index (κ3) is 4.95. The Morgan fingerprint density at radius 3 is 2.73 bits per heavy atom. The summed E-state index contributed by atoms with van der Waals surface area (Å²) in [5.41, 5.74) is 0. The summed E-state index contributed by atoms with van der Waals surface area (Å²) in [5, 5.41) is 8.43. The molecule has 1 fully saturated rings. The van der Waals surface area contributed by atoms with E-state index in [9.17, 15) is 4.79 Å². The second-order valence-corrected chi connectivity index (χ2v) is 3.70. The first-order valence-electron chi connectivity index (χ1n) is 5.45. The van der Waals surface area contributed by atoms with Gasteiger partial charge in [0, 0.05) is 32.3 Å². The summed E-state index contributed by atoms with van der Waals surface area (Å²) in [5.74, 6) is -0.876. The zero-order valence-electron chi connectivity index (χ0n) is 9.19. The fraction of sp³-hybridized carbons (Fsp3) is 0.727. The molecule has 0 aromatic rings. The van der Waals surface area contributed by atoms with E-state index in [-0.39, 0.29) is 0 Å². The maximum atomic E-state index is 10.3. The topological polar surface area (TPSA) is 49.8 Å². The summed E-state index contributed by atoms with van der Waals surface area (Å²) in [6.45, 7) is 5.51. The maximum absolute atomic E-state index is 10.3. The molecule has 1 heterocycles. The average Bonchev–Trinajstić information content (AvgIpc) is 2.20. The molecular weight excluding hydrogens is 194 g/mol. The van der Waals surface area contributed by atoms with Gasteiger partial charge in [-0.15, -0.1) is 0 Å². The molecule has 1 rings (SSSR count). The predicted octanol–water partition coefficient (Wildman–Crippen LogP) is 1.13. The second kappa shape index (κ2) is 6.58. The number of nitrogens with zero attached hydrogens (tertiary/aromatic N) is 1. The van der Waals surface area contributed by atoms with Crippen molar-refractivity contribution >= 4 is 5.97 Å². The van der Waals surface area contributed by atoms with Crippen molar-refractivity contribution in [3.8, 4) is 0 Å². The monoisotopic (exact) mass is 213 g/mol. The molecule has 1 N–H and O–H groups in total. The van der Waals surface area contributed by atoms with Crippen molar-refractivity contribution in [3.63, 3.8) is 0 Å². The Morgan fingerprint density at radius 2 is 2.20 bits per heavy atom. The second-order valence-electron chi connectivity index (χ2n) is 3.70. The van der Waals surface area contributed by atoms with Crippen LogP contribution in [0.1, 0.15) is 19.8 Å². The molecule has 0 aromatic carbocycles. The largest absolute Gasteiger partial charge is 0.478 e. The van der Waals surface area contributed by atoms with Crippen LogP contribution in [0.4, 0.5) is 0 Å². The van der Waals surface area contributed by atoms with Crippen LogP contribution >= 0.6 is 0 Å². The number of ether oxygens (including phenoxy) is 1. The SMILES string of the molecule is CCOC1CCN(CC=CC(=O)O)CC1. The van der Waals surface area contributed by atoms with Crippen LogP contribution in [0, 0.1) is 0 Å². The number of carboxylic acid groups (broad SMARTS) is 1. The number of carbonyl (C=O) groups is 1. The first-order chi connectivity index (χ1) is 7.22. The first-order valence-corrected chi connectivity index (χ1v) is 5.45. The molecule has 0 unspecified atom stereocenters. The van der Waals surface area contributed by atoms with Crippen LogP contribution in [-0.2, 0) is 9.53 Å². The Hall–Kier alpha value is -0.870. The number of hydrogen-bond donors (Lipinski definition) is 1. The Bertz CT molecular complexity index is 220. The summed E-state index contributed by atoms with van der Waals surface area (Å²) >= 11 is 0. The van der Waals surface area contributed by atoms with Crippen molar-refractivity contribution in [2.24, 2.45) is 0 Å². The zero-order chi connectivity index (χ0) is 11.1. The molecule has 1 aliphatic heterocycles. The van der Waals surface area contributed by atoms with Crippen molar-refractivity contribution in [2.45, 2.75) is 25.9 Å². The van der Waals surface area contributed by atoms with Crippen LogP contribution in [-0.4, -0.2) is 48.3 Å². The molecule has 0 atom stereocenters. The third-order valence-corrected chi connectivity index (χ3v) is 2.56. The summed E-state index contributed by atoms with van der Waals surface area (Å²) in [6.07, 6.45) is 5.40. The van der Waals surface area contributed by atoms with E-state index in [0.717, 1.165) is 39.1 Å². The normalized spacial score (nSPS) is 19.8. The Kier molecular flexibility index (Phi) is 5.36. The number of rotatable bonds is 5. The van der Waals surface area contributed by atoms with Gasteiger partial charge in [-0.1, -0.05) is 6.08 Å². The van der Waals surface area contributed by atoms with Crippen LogP contribution in [0.2, 0.25) is 0 Å². The standard InChI is InChI=1S/C11H19NO3/c1-2-15-10-5-8-12(9-6-10)7-3-4-11(13)14/h3-4,10H,2,5-9H2,1H3,(H,13,14). The lowest BCUT2D eigenvalue weighted by Gasteiger charge is -2.30. The van der Waals surface area contributed by atoms with Crippen molar-refractivity contribution in [3.05, 3.63) is 12.2 Å². The zero-order valence-corrected chi connectivity index (χ0v) is 9.19. The molecule has 0 aliphatic carbocycles. The van der Waals surface area contributed by atoms with Crippen molar-refractivity contribution in [1.29, 1.82) is 0 Å². The molecular formula is C11H19NO3. The van der Waals surface area contributed by atoms with Gasteiger partial charge < -0.3 is 9.84 Å². The van der Waals surface area contributed by atoms with E-state index < -0.39 is 5.97 Å². The van der Waals surface area contributed by atoms with Crippen LogP contribution in [0.3, 0.4) is 0 Å². The van der Waals surface area contributed by atoms with Gasteiger partial charge in [0.2, 0.25) is 0 Å². The molecule has 0 saturated carbocycles. The molecule has 1 saturated heterocycles. The van der Waals surface area contributed by atoms with E-state index in [4.69, 9.17) is 9.84 Å². The van der Waals surface area contributed by atoms with Crippen LogP contribution in [0.25, 0.3) is 0 Å². The molecule has 0 amide bonds. The first kappa shape index (κ1) is 12.2. The third-order valence-electron chi connectivity index (χ3n) is 2.56. The fourth-order valence-electron chi connectivity index (χ4n) is 1.80. The van der Waals surface area contributed by atoms with Crippen molar-refractivity contribution < 1.29 is 14.6 Å². The van der Waals surface area contributed by atoms with Gasteiger partial charge in [0.05, 0.1) is 6.10 Å². The number of piperidine rings is 1. The van der Waals surface area contributed by atoms with Gasteiger partial charge in [-0.05, 0) is 19.8 Å². The number of aliphatic carboxylic acids is 1. The quantitative estimate of drug-likeness (QED) is 0.695. The lowest BCUT2D eigenvalue weighted by molar-refractivity contribution is -0.131. The highest BCUT2D eigenvalue weighted by molar-refractivity contribution is 5.79. The molecule has 4 nitrogen and oxygen atoms in total. The molecule has 4 heteroatoms. The lowest BCUT2D eigenvalue weighted by Crippen LogP contribution is -2.37. The van der Waals surface area contributed by atoms with Gasteiger partial charge in [-0.25, -0.2) is 4.79 Å². The van der Waals surface area contributed by atoms with E-state index in [1.807, 2.05) is 6.92 Å².